The number of hydrogen-bond donors (Lipinski definition) is 2. The monoisotopic (exact) mass is 262 g/mol. The van der Waals surface area contributed by atoms with Crippen molar-refractivity contribution in [2.45, 2.75) is 51.2 Å². The Hall–Kier alpha value is -1.06. The first-order valence-corrected chi connectivity index (χ1v) is 7.20. The summed E-state index contributed by atoms with van der Waals surface area (Å²) in [6.45, 7) is 7.90. The average Bonchev–Trinajstić information content (AvgIpc) is 2.39. The third-order valence-electron chi connectivity index (χ3n) is 4.31. The third kappa shape index (κ3) is 3.28. The fourth-order valence-corrected chi connectivity index (χ4v) is 2.94. The van der Waals surface area contributed by atoms with Crippen LogP contribution in [0.25, 0.3) is 0 Å². The maximum absolute atomic E-state index is 6.08. The van der Waals surface area contributed by atoms with Gasteiger partial charge in [-0.15, -0.1) is 0 Å². The summed E-state index contributed by atoms with van der Waals surface area (Å²) >= 11 is 0. The summed E-state index contributed by atoms with van der Waals surface area (Å²) in [6, 6.07) is 8.49. The van der Waals surface area contributed by atoms with E-state index in [4.69, 9.17) is 10.5 Å². The summed E-state index contributed by atoms with van der Waals surface area (Å²) in [5, 5.41) is 3.67. The summed E-state index contributed by atoms with van der Waals surface area (Å²) in [5.41, 5.74) is 8.40. The normalized spacial score (nSPS) is 31.2. The van der Waals surface area contributed by atoms with Gasteiger partial charge in [0.25, 0.3) is 0 Å². The average molecular weight is 262 g/mol. The molecule has 0 amide bonds. The summed E-state index contributed by atoms with van der Waals surface area (Å²) in [6.07, 6.45) is 2.94. The molecule has 0 aliphatic carbocycles. The second-order valence-corrected chi connectivity index (χ2v) is 6.06. The first-order valence-electron chi connectivity index (χ1n) is 7.20. The molecule has 1 aromatic carbocycles. The quantitative estimate of drug-likeness (QED) is 0.876. The topological polar surface area (TPSA) is 47.3 Å². The highest BCUT2D eigenvalue weighted by atomic mass is 16.5. The van der Waals surface area contributed by atoms with Crippen LogP contribution in [-0.2, 0) is 4.74 Å². The molecule has 1 fully saturated rings. The third-order valence-corrected chi connectivity index (χ3v) is 4.31. The first-order chi connectivity index (χ1) is 9.01. The van der Waals surface area contributed by atoms with Crippen LogP contribution in [0, 0.1) is 6.92 Å². The van der Waals surface area contributed by atoms with Gasteiger partial charge >= 0.3 is 0 Å². The van der Waals surface area contributed by atoms with E-state index in [9.17, 15) is 0 Å². The van der Waals surface area contributed by atoms with Gasteiger partial charge in [-0.2, -0.15) is 0 Å². The van der Waals surface area contributed by atoms with Crippen molar-refractivity contribution in [1.29, 1.82) is 0 Å². The minimum atomic E-state index is -0.0611. The minimum Gasteiger partial charge on any atom is -0.378 e. The number of rotatable bonds is 4. The number of nitrogens with two attached hydrogens (primary N) is 1. The van der Waals surface area contributed by atoms with Crippen molar-refractivity contribution in [2.24, 2.45) is 5.73 Å². The van der Waals surface area contributed by atoms with Gasteiger partial charge in [0.15, 0.2) is 0 Å². The predicted octanol–water partition coefficient (Wildman–Crippen LogP) is 3.08. The van der Waals surface area contributed by atoms with Crippen LogP contribution in [0.4, 0.5) is 5.69 Å². The van der Waals surface area contributed by atoms with E-state index < -0.39 is 0 Å². The first kappa shape index (κ1) is 14.4. The standard InChI is InChI=1S/C16H26N2O/c1-4-15(3)11-16(12-17,8-9-19-15)18-14-7-5-6-13(2)10-14/h5-7,10,18H,4,8-9,11-12,17H2,1-3H3. The largest absolute Gasteiger partial charge is 0.378 e. The van der Waals surface area contributed by atoms with Crippen LogP contribution in [0.2, 0.25) is 0 Å². The molecule has 2 atom stereocenters. The van der Waals surface area contributed by atoms with E-state index in [0.717, 1.165) is 31.6 Å². The summed E-state index contributed by atoms with van der Waals surface area (Å²) in [7, 11) is 0. The smallest absolute Gasteiger partial charge is 0.0674 e. The molecule has 0 saturated carbocycles. The van der Waals surface area contributed by atoms with E-state index in [1.165, 1.54) is 5.56 Å². The molecule has 1 saturated heterocycles. The van der Waals surface area contributed by atoms with Crippen LogP contribution < -0.4 is 11.1 Å². The lowest BCUT2D eigenvalue weighted by atomic mass is 9.79. The molecule has 3 nitrogen and oxygen atoms in total. The van der Waals surface area contributed by atoms with Gasteiger partial charge in [-0.3, -0.25) is 0 Å². The summed E-state index contributed by atoms with van der Waals surface area (Å²) in [5.74, 6) is 0. The Morgan fingerprint density at radius 3 is 2.84 bits per heavy atom. The minimum absolute atomic E-state index is 0.0448. The zero-order valence-electron chi connectivity index (χ0n) is 12.3. The maximum Gasteiger partial charge on any atom is 0.0674 e. The number of ether oxygens (including phenoxy) is 1. The van der Waals surface area contributed by atoms with E-state index in [2.05, 4.69) is 50.4 Å². The van der Waals surface area contributed by atoms with Gasteiger partial charge in [-0.25, -0.2) is 0 Å². The lowest BCUT2D eigenvalue weighted by Crippen LogP contribution is -2.55. The molecule has 1 aliphatic heterocycles. The second kappa shape index (κ2) is 5.51. The van der Waals surface area contributed by atoms with Crippen LogP contribution in [0.15, 0.2) is 24.3 Å². The van der Waals surface area contributed by atoms with E-state index >= 15 is 0 Å². The molecule has 1 heterocycles. The van der Waals surface area contributed by atoms with E-state index in [-0.39, 0.29) is 11.1 Å². The van der Waals surface area contributed by atoms with Gasteiger partial charge in [-0.05, 0) is 44.4 Å². The Bertz CT molecular complexity index is 435. The molecule has 0 spiro atoms. The molecule has 0 aromatic heterocycles. The number of anilines is 1. The fourth-order valence-electron chi connectivity index (χ4n) is 2.94. The SMILES string of the molecule is CCC1(C)CC(CN)(Nc2cccc(C)c2)CCO1. The number of hydrogen-bond acceptors (Lipinski definition) is 3. The Morgan fingerprint density at radius 1 is 1.42 bits per heavy atom. The molecular formula is C16H26N2O. The molecular weight excluding hydrogens is 236 g/mol. The van der Waals surface area contributed by atoms with Gasteiger partial charge in [0, 0.05) is 25.3 Å². The molecule has 0 bridgehead atoms. The molecule has 106 valence electrons. The highest BCUT2D eigenvalue weighted by Crippen LogP contribution is 2.36. The van der Waals surface area contributed by atoms with Crippen LogP contribution in [0.5, 0.6) is 0 Å². The Balaban J connectivity index is 2.18. The van der Waals surface area contributed by atoms with Crippen LogP contribution in [0.1, 0.15) is 38.7 Å². The van der Waals surface area contributed by atoms with E-state index in [1.807, 2.05) is 0 Å². The van der Waals surface area contributed by atoms with Crippen molar-refractivity contribution in [3.8, 4) is 0 Å². The van der Waals surface area contributed by atoms with Crippen molar-refractivity contribution in [3.05, 3.63) is 29.8 Å². The van der Waals surface area contributed by atoms with Gasteiger partial charge in [0.2, 0.25) is 0 Å². The number of aryl methyl sites for hydroxylation is 1. The van der Waals surface area contributed by atoms with Gasteiger partial charge in [0.05, 0.1) is 11.1 Å². The molecule has 2 rings (SSSR count). The van der Waals surface area contributed by atoms with Crippen molar-refractivity contribution in [1.82, 2.24) is 0 Å². The molecule has 2 unspecified atom stereocenters. The van der Waals surface area contributed by atoms with Crippen LogP contribution >= 0.6 is 0 Å². The Morgan fingerprint density at radius 2 is 2.21 bits per heavy atom. The summed E-state index contributed by atoms with van der Waals surface area (Å²) < 4.78 is 5.94. The molecule has 3 N–H and O–H groups in total. The highest BCUT2D eigenvalue weighted by Gasteiger charge is 2.41. The Labute approximate surface area is 116 Å². The second-order valence-electron chi connectivity index (χ2n) is 6.06. The molecule has 3 heteroatoms. The number of nitrogens with one attached hydrogen (secondary N) is 1. The maximum atomic E-state index is 6.08. The zero-order valence-corrected chi connectivity index (χ0v) is 12.3. The predicted molar refractivity (Wildman–Crippen MR) is 80.5 cm³/mol. The lowest BCUT2D eigenvalue weighted by molar-refractivity contribution is -0.0882. The van der Waals surface area contributed by atoms with Crippen molar-refractivity contribution >= 4 is 5.69 Å². The van der Waals surface area contributed by atoms with Crippen molar-refractivity contribution < 1.29 is 4.74 Å². The van der Waals surface area contributed by atoms with Gasteiger partial charge in [-0.1, -0.05) is 19.1 Å². The van der Waals surface area contributed by atoms with Gasteiger partial charge in [0.1, 0.15) is 0 Å². The molecule has 0 radical (unpaired) electrons. The molecule has 1 aliphatic rings. The van der Waals surface area contributed by atoms with Crippen LogP contribution in [0.3, 0.4) is 0 Å². The van der Waals surface area contributed by atoms with E-state index in [1.54, 1.807) is 0 Å². The Kier molecular flexibility index (Phi) is 4.16. The molecule has 19 heavy (non-hydrogen) atoms. The van der Waals surface area contributed by atoms with Crippen LogP contribution in [-0.4, -0.2) is 24.3 Å². The zero-order chi connectivity index (χ0) is 13.9. The molecule has 1 aromatic rings. The van der Waals surface area contributed by atoms with Crippen molar-refractivity contribution in [2.75, 3.05) is 18.5 Å². The van der Waals surface area contributed by atoms with E-state index in [0.29, 0.717) is 6.54 Å². The lowest BCUT2D eigenvalue weighted by Gasteiger charge is -2.46. The highest BCUT2D eigenvalue weighted by molar-refractivity contribution is 5.48. The fraction of sp³-hybridized carbons (Fsp3) is 0.625. The van der Waals surface area contributed by atoms with Crippen molar-refractivity contribution in [3.63, 3.8) is 0 Å². The van der Waals surface area contributed by atoms with Gasteiger partial charge < -0.3 is 15.8 Å². The summed E-state index contributed by atoms with van der Waals surface area (Å²) in [4.78, 5) is 0. The number of benzene rings is 1.